The summed E-state index contributed by atoms with van der Waals surface area (Å²) in [4.78, 5) is 2.24. The van der Waals surface area contributed by atoms with Crippen LogP contribution in [0.5, 0.6) is 0 Å². The van der Waals surface area contributed by atoms with Crippen LogP contribution in [-0.2, 0) is 13.1 Å². The number of thioether (sulfide) groups is 1. The fourth-order valence-corrected chi connectivity index (χ4v) is 2.44. The SMILES string of the molecule is C.CSC(=S)N(Cc1ccccc1)Cc1ccccc1. The minimum Gasteiger partial charge on any atom is -0.349 e. The second kappa shape index (κ2) is 8.77. The first-order valence-electron chi connectivity index (χ1n) is 6.20. The standard InChI is InChI=1S/C16H17NS2.CH4/c1-19-16(18)17(12-14-8-4-2-5-9-14)13-15-10-6-3-7-11-15;/h2-11H,12-13H2,1H3;1H4. The van der Waals surface area contributed by atoms with Crippen LogP contribution in [0.2, 0.25) is 0 Å². The third-order valence-corrected chi connectivity index (χ3v) is 4.23. The Morgan fingerprint density at radius 1 is 0.900 bits per heavy atom. The van der Waals surface area contributed by atoms with Crippen molar-refractivity contribution in [3.05, 3.63) is 71.8 Å². The van der Waals surface area contributed by atoms with Gasteiger partial charge in [-0.15, -0.1) is 11.8 Å². The topological polar surface area (TPSA) is 3.24 Å². The molecule has 2 aromatic rings. The summed E-state index contributed by atoms with van der Waals surface area (Å²) in [5.74, 6) is 0. The third-order valence-electron chi connectivity index (χ3n) is 2.87. The molecule has 0 aliphatic carbocycles. The average molecular weight is 303 g/mol. The van der Waals surface area contributed by atoms with Crippen molar-refractivity contribution < 1.29 is 0 Å². The van der Waals surface area contributed by atoms with Crippen LogP contribution in [0.25, 0.3) is 0 Å². The molecule has 0 atom stereocenters. The van der Waals surface area contributed by atoms with Crippen molar-refractivity contribution in [2.75, 3.05) is 6.26 Å². The van der Waals surface area contributed by atoms with E-state index in [4.69, 9.17) is 12.2 Å². The molecule has 0 unspecified atom stereocenters. The molecule has 0 radical (unpaired) electrons. The smallest absolute Gasteiger partial charge is 0.136 e. The Morgan fingerprint density at radius 3 is 1.65 bits per heavy atom. The lowest BCUT2D eigenvalue weighted by molar-refractivity contribution is 0.421. The van der Waals surface area contributed by atoms with Gasteiger partial charge in [-0.3, -0.25) is 0 Å². The summed E-state index contributed by atoms with van der Waals surface area (Å²) >= 11 is 7.09. The molecular weight excluding hydrogens is 282 g/mol. The molecule has 106 valence electrons. The summed E-state index contributed by atoms with van der Waals surface area (Å²) in [5, 5.41) is 0. The van der Waals surface area contributed by atoms with Crippen LogP contribution in [-0.4, -0.2) is 15.5 Å². The molecule has 0 saturated heterocycles. The maximum Gasteiger partial charge on any atom is 0.136 e. The van der Waals surface area contributed by atoms with Gasteiger partial charge < -0.3 is 4.90 Å². The molecule has 0 aromatic heterocycles. The van der Waals surface area contributed by atoms with Gasteiger partial charge in [0.2, 0.25) is 0 Å². The van der Waals surface area contributed by atoms with Crippen molar-refractivity contribution in [1.29, 1.82) is 0 Å². The number of rotatable bonds is 4. The zero-order valence-electron chi connectivity index (χ0n) is 11.0. The first-order valence-corrected chi connectivity index (χ1v) is 7.83. The number of hydrogen-bond donors (Lipinski definition) is 0. The van der Waals surface area contributed by atoms with E-state index in [2.05, 4.69) is 53.4 Å². The minimum atomic E-state index is 0. The van der Waals surface area contributed by atoms with Crippen molar-refractivity contribution in [3.8, 4) is 0 Å². The highest BCUT2D eigenvalue weighted by atomic mass is 32.2. The second-order valence-electron chi connectivity index (χ2n) is 4.30. The van der Waals surface area contributed by atoms with Crippen molar-refractivity contribution in [2.24, 2.45) is 0 Å². The van der Waals surface area contributed by atoms with E-state index in [-0.39, 0.29) is 7.43 Å². The summed E-state index contributed by atoms with van der Waals surface area (Å²) < 4.78 is 0.938. The van der Waals surface area contributed by atoms with Gasteiger partial charge in [0.15, 0.2) is 0 Å². The second-order valence-corrected chi connectivity index (χ2v) is 5.74. The van der Waals surface area contributed by atoms with Crippen LogP contribution in [0.4, 0.5) is 0 Å². The third kappa shape index (κ3) is 4.99. The lowest BCUT2D eigenvalue weighted by Gasteiger charge is -2.24. The zero-order valence-corrected chi connectivity index (χ0v) is 12.6. The van der Waals surface area contributed by atoms with Crippen molar-refractivity contribution in [2.45, 2.75) is 20.5 Å². The van der Waals surface area contributed by atoms with Gasteiger partial charge in [0.05, 0.1) is 0 Å². The number of nitrogens with zero attached hydrogens (tertiary/aromatic N) is 1. The first kappa shape index (κ1) is 16.7. The Labute approximate surface area is 132 Å². The molecule has 20 heavy (non-hydrogen) atoms. The molecule has 0 heterocycles. The van der Waals surface area contributed by atoms with E-state index >= 15 is 0 Å². The first-order chi connectivity index (χ1) is 9.29. The molecule has 0 N–H and O–H groups in total. The van der Waals surface area contributed by atoms with E-state index in [0.29, 0.717) is 0 Å². The summed E-state index contributed by atoms with van der Waals surface area (Å²) in [6, 6.07) is 20.9. The number of thiocarbonyl (C=S) groups is 1. The lowest BCUT2D eigenvalue weighted by atomic mass is 10.2. The van der Waals surface area contributed by atoms with Crippen molar-refractivity contribution in [1.82, 2.24) is 4.90 Å². The molecule has 0 amide bonds. The molecule has 0 spiro atoms. The van der Waals surface area contributed by atoms with E-state index in [1.165, 1.54) is 11.1 Å². The van der Waals surface area contributed by atoms with E-state index < -0.39 is 0 Å². The number of hydrogen-bond acceptors (Lipinski definition) is 2. The fraction of sp³-hybridized carbons (Fsp3) is 0.235. The van der Waals surface area contributed by atoms with E-state index in [9.17, 15) is 0 Å². The Balaban J connectivity index is 0.00000200. The molecule has 0 bridgehead atoms. The van der Waals surface area contributed by atoms with Gasteiger partial charge in [0.1, 0.15) is 4.32 Å². The molecule has 2 rings (SSSR count). The predicted molar refractivity (Wildman–Crippen MR) is 95.0 cm³/mol. The van der Waals surface area contributed by atoms with Gasteiger partial charge >= 0.3 is 0 Å². The van der Waals surface area contributed by atoms with Crippen LogP contribution in [0.1, 0.15) is 18.6 Å². The van der Waals surface area contributed by atoms with Gasteiger partial charge in [-0.2, -0.15) is 0 Å². The van der Waals surface area contributed by atoms with Crippen LogP contribution in [0, 0.1) is 0 Å². The van der Waals surface area contributed by atoms with Gasteiger partial charge in [-0.25, -0.2) is 0 Å². The molecule has 0 saturated carbocycles. The molecule has 0 aliphatic rings. The van der Waals surface area contributed by atoms with Crippen molar-refractivity contribution >= 4 is 28.3 Å². The average Bonchev–Trinajstić information content (AvgIpc) is 2.48. The monoisotopic (exact) mass is 303 g/mol. The highest BCUT2D eigenvalue weighted by Crippen LogP contribution is 2.15. The molecule has 0 fully saturated rings. The summed E-state index contributed by atoms with van der Waals surface area (Å²) in [7, 11) is 0. The van der Waals surface area contributed by atoms with E-state index in [1.54, 1.807) is 11.8 Å². The molecule has 2 aromatic carbocycles. The Hall–Kier alpha value is -1.32. The van der Waals surface area contributed by atoms with Gasteiger partial charge in [-0.05, 0) is 17.4 Å². The summed E-state index contributed by atoms with van der Waals surface area (Å²) in [6.07, 6.45) is 2.03. The fourth-order valence-electron chi connectivity index (χ4n) is 1.92. The molecule has 1 nitrogen and oxygen atoms in total. The normalized spacial score (nSPS) is 9.65. The van der Waals surface area contributed by atoms with Gasteiger partial charge in [0.25, 0.3) is 0 Å². The highest BCUT2D eigenvalue weighted by molar-refractivity contribution is 8.22. The van der Waals surface area contributed by atoms with Crippen LogP contribution in [0.3, 0.4) is 0 Å². The van der Waals surface area contributed by atoms with E-state index in [1.807, 2.05) is 18.4 Å². The van der Waals surface area contributed by atoms with Crippen LogP contribution in [0.15, 0.2) is 60.7 Å². The van der Waals surface area contributed by atoms with Crippen molar-refractivity contribution in [3.63, 3.8) is 0 Å². The minimum absolute atomic E-state index is 0. The maximum absolute atomic E-state index is 5.46. The zero-order chi connectivity index (χ0) is 13.5. The summed E-state index contributed by atoms with van der Waals surface area (Å²) in [5.41, 5.74) is 2.57. The quantitative estimate of drug-likeness (QED) is 0.734. The lowest BCUT2D eigenvalue weighted by Crippen LogP contribution is -2.26. The molecule has 3 heteroatoms. The number of benzene rings is 2. The Bertz CT molecular complexity index is 470. The molecular formula is C17H21NS2. The van der Waals surface area contributed by atoms with E-state index in [0.717, 1.165) is 17.4 Å². The van der Waals surface area contributed by atoms with Gasteiger partial charge in [-0.1, -0.05) is 80.3 Å². The van der Waals surface area contributed by atoms with Crippen LogP contribution < -0.4 is 0 Å². The summed E-state index contributed by atoms with van der Waals surface area (Å²) in [6.45, 7) is 1.71. The predicted octanol–water partition coefficient (Wildman–Crippen LogP) is 4.97. The molecule has 0 aliphatic heterocycles. The Morgan fingerprint density at radius 2 is 1.30 bits per heavy atom. The largest absolute Gasteiger partial charge is 0.349 e. The van der Waals surface area contributed by atoms with Gasteiger partial charge in [0, 0.05) is 13.1 Å². The van der Waals surface area contributed by atoms with Crippen LogP contribution >= 0.6 is 24.0 Å². The highest BCUT2D eigenvalue weighted by Gasteiger charge is 2.10. The Kier molecular flexibility index (Phi) is 7.34. The maximum atomic E-state index is 5.46.